The number of hydrogen-bond acceptors (Lipinski definition) is 3. The van der Waals surface area contributed by atoms with Gasteiger partial charge in [-0.15, -0.1) is 0 Å². The molecule has 3 nitrogen and oxygen atoms in total. The number of hydrogen-bond donors (Lipinski definition) is 0. The SMILES string of the molecule is C1=NC(c2cccnn2)c2ccccc2C1. The van der Waals surface area contributed by atoms with E-state index < -0.39 is 0 Å². The van der Waals surface area contributed by atoms with Crippen molar-refractivity contribution in [3.63, 3.8) is 0 Å². The predicted octanol–water partition coefficient (Wildman–Crippen LogP) is 2.19. The Labute approximate surface area is 93.9 Å². The normalized spacial score (nSPS) is 18.1. The Morgan fingerprint density at radius 3 is 2.88 bits per heavy atom. The standard InChI is InChI=1S/C13H11N3/c1-2-5-11-10(4-1)7-9-14-13(11)12-6-3-8-15-16-12/h1-6,8-9,13H,7H2. The van der Waals surface area contributed by atoms with Crippen LogP contribution in [0.4, 0.5) is 0 Å². The van der Waals surface area contributed by atoms with Gasteiger partial charge >= 0.3 is 0 Å². The van der Waals surface area contributed by atoms with Gasteiger partial charge in [0.25, 0.3) is 0 Å². The molecular formula is C13H11N3. The summed E-state index contributed by atoms with van der Waals surface area (Å²) in [7, 11) is 0. The third kappa shape index (κ3) is 1.50. The fourth-order valence-electron chi connectivity index (χ4n) is 2.02. The number of benzene rings is 1. The van der Waals surface area contributed by atoms with Crippen molar-refractivity contribution >= 4 is 6.21 Å². The zero-order valence-electron chi connectivity index (χ0n) is 8.74. The summed E-state index contributed by atoms with van der Waals surface area (Å²) in [5, 5.41) is 8.05. The summed E-state index contributed by atoms with van der Waals surface area (Å²) in [4.78, 5) is 4.51. The van der Waals surface area contributed by atoms with E-state index in [-0.39, 0.29) is 6.04 Å². The van der Waals surface area contributed by atoms with Crippen LogP contribution in [0.3, 0.4) is 0 Å². The summed E-state index contributed by atoms with van der Waals surface area (Å²) >= 11 is 0. The Hall–Kier alpha value is -2.03. The molecule has 1 aromatic heterocycles. The molecule has 1 aliphatic heterocycles. The van der Waals surface area contributed by atoms with Crippen LogP contribution in [0, 0.1) is 0 Å². The Kier molecular flexibility index (Phi) is 2.22. The van der Waals surface area contributed by atoms with Gasteiger partial charge in [0.1, 0.15) is 6.04 Å². The third-order valence-corrected chi connectivity index (χ3v) is 2.79. The van der Waals surface area contributed by atoms with Gasteiger partial charge < -0.3 is 0 Å². The minimum absolute atomic E-state index is 0.0126. The van der Waals surface area contributed by atoms with Gasteiger partial charge in [0, 0.05) is 18.8 Å². The van der Waals surface area contributed by atoms with Gasteiger partial charge in [0.05, 0.1) is 5.69 Å². The molecule has 0 N–H and O–H groups in total. The topological polar surface area (TPSA) is 38.1 Å². The number of rotatable bonds is 1. The summed E-state index contributed by atoms with van der Waals surface area (Å²) in [6.45, 7) is 0. The van der Waals surface area contributed by atoms with Crippen molar-refractivity contribution in [2.45, 2.75) is 12.5 Å². The predicted molar refractivity (Wildman–Crippen MR) is 62.5 cm³/mol. The van der Waals surface area contributed by atoms with Crippen molar-refractivity contribution < 1.29 is 0 Å². The van der Waals surface area contributed by atoms with Gasteiger partial charge in [0.2, 0.25) is 0 Å². The van der Waals surface area contributed by atoms with E-state index in [1.54, 1.807) is 6.20 Å². The molecule has 3 heteroatoms. The van der Waals surface area contributed by atoms with E-state index in [0.29, 0.717) is 0 Å². The first-order chi connectivity index (χ1) is 7.95. The lowest BCUT2D eigenvalue weighted by Gasteiger charge is -2.19. The molecule has 0 spiro atoms. The van der Waals surface area contributed by atoms with Gasteiger partial charge in [-0.1, -0.05) is 24.3 Å². The van der Waals surface area contributed by atoms with Crippen LogP contribution in [0.5, 0.6) is 0 Å². The van der Waals surface area contributed by atoms with E-state index in [9.17, 15) is 0 Å². The van der Waals surface area contributed by atoms with Gasteiger partial charge in [-0.3, -0.25) is 4.99 Å². The second kappa shape index (κ2) is 3.85. The molecule has 0 aliphatic carbocycles. The van der Waals surface area contributed by atoms with Crippen molar-refractivity contribution in [3.05, 3.63) is 59.4 Å². The first-order valence-electron chi connectivity index (χ1n) is 5.32. The van der Waals surface area contributed by atoms with Crippen LogP contribution < -0.4 is 0 Å². The minimum Gasteiger partial charge on any atom is -0.283 e. The monoisotopic (exact) mass is 209 g/mol. The highest BCUT2D eigenvalue weighted by molar-refractivity contribution is 5.66. The molecule has 1 atom stereocenters. The van der Waals surface area contributed by atoms with Crippen LogP contribution in [0.2, 0.25) is 0 Å². The Bertz CT molecular complexity index is 520. The summed E-state index contributed by atoms with van der Waals surface area (Å²) in [5.41, 5.74) is 3.48. The molecule has 1 aliphatic rings. The van der Waals surface area contributed by atoms with E-state index >= 15 is 0 Å². The van der Waals surface area contributed by atoms with Crippen molar-refractivity contribution in [1.29, 1.82) is 0 Å². The average molecular weight is 209 g/mol. The molecule has 1 aromatic carbocycles. The van der Waals surface area contributed by atoms with Gasteiger partial charge in [-0.25, -0.2) is 0 Å². The molecule has 0 radical (unpaired) electrons. The third-order valence-electron chi connectivity index (χ3n) is 2.79. The number of aromatic nitrogens is 2. The van der Waals surface area contributed by atoms with Gasteiger partial charge in [-0.2, -0.15) is 10.2 Å². The Morgan fingerprint density at radius 2 is 2.00 bits per heavy atom. The lowest BCUT2D eigenvalue weighted by Crippen LogP contribution is -2.10. The van der Waals surface area contributed by atoms with Crippen LogP contribution in [-0.4, -0.2) is 16.4 Å². The quantitative estimate of drug-likeness (QED) is 0.722. The molecule has 2 heterocycles. The molecule has 3 rings (SSSR count). The first kappa shape index (κ1) is 9.21. The number of nitrogens with zero attached hydrogens (tertiary/aromatic N) is 3. The highest BCUT2D eigenvalue weighted by Crippen LogP contribution is 2.29. The van der Waals surface area contributed by atoms with Crippen molar-refractivity contribution in [2.75, 3.05) is 0 Å². The van der Waals surface area contributed by atoms with Crippen LogP contribution >= 0.6 is 0 Å². The molecule has 0 fully saturated rings. The van der Waals surface area contributed by atoms with Crippen LogP contribution in [0.15, 0.2) is 47.6 Å². The van der Waals surface area contributed by atoms with Crippen molar-refractivity contribution in [2.24, 2.45) is 4.99 Å². The largest absolute Gasteiger partial charge is 0.283 e. The molecule has 16 heavy (non-hydrogen) atoms. The molecule has 1 unspecified atom stereocenters. The molecular weight excluding hydrogens is 198 g/mol. The first-order valence-corrected chi connectivity index (χ1v) is 5.32. The summed E-state index contributed by atoms with van der Waals surface area (Å²) in [5.74, 6) is 0. The maximum atomic E-state index is 4.51. The van der Waals surface area contributed by atoms with E-state index in [2.05, 4.69) is 33.4 Å². The Morgan fingerprint density at radius 1 is 1.06 bits per heavy atom. The highest BCUT2D eigenvalue weighted by Gasteiger charge is 2.19. The van der Waals surface area contributed by atoms with Crippen LogP contribution in [-0.2, 0) is 6.42 Å². The average Bonchev–Trinajstić information content (AvgIpc) is 2.39. The van der Waals surface area contributed by atoms with E-state index in [1.165, 1.54) is 11.1 Å². The smallest absolute Gasteiger partial charge is 0.119 e. The fourth-order valence-corrected chi connectivity index (χ4v) is 2.02. The Balaban J connectivity index is 2.09. The number of fused-ring (bicyclic) bond motifs is 1. The molecule has 0 saturated heterocycles. The lowest BCUT2D eigenvalue weighted by molar-refractivity contribution is 0.775. The maximum absolute atomic E-state index is 4.51. The second-order valence-electron chi connectivity index (χ2n) is 3.79. The molecule has 2 aromatic rings. The van der Waals surface area contributed by atoms with Crippen molar-refractivity contribution in [1.82, 2.24) is 10.2 Å². The van der Waals surface area contributed by atoms with Crippen LogP contribution in [0.1, 0.15) is 22.9 Å². The van der Waals surface area contributed by atoms with Crippen molar-refractivity contribution in [3.8, 4) is 0 Å². The zero-order valence-corrected chi connectivity index (χ0v) is 8.74. The molecule has 0 saturated carbocycles. The number of aliphatic imine (C=N–C) groups is 1. The zero-order chi connectivity index (χ0) is 10.8. The fraction of sp³-hybridized carbons (Fsp3) is 0.154. The molecule has 78 valence electrons. The summed E-state index contributed by atoms with van der Waals surface area (Å²) in [6, 6.07) is 12.2. The van der Waals surface area contributed by atoms with Crippen LogP contribution in [0.25, 0.3) is 0 Å². The highest BCUT2D eigenvalue weighted by atomic mass is 15.1. The van der Waals surface area contributed by atoms with E-state index in [4.69, 9.17) is 0 Å². The minimum atomic E-state index is 0.0126. The second-order valence-corrected chi connectivity index (χ2v) is 3.79. The molecule has 0 amide bonds. The maximum Gasteiger partial charge on any atom is 0.119 e. The van der Waals surface area contributed by atoms with Gasteiger partial charge in [0.15, 0.2) is 0 Å². The summed E-state index contributed by atoms with van der Waals surface area (Å²) < 4.78 is 0. The van der Waals surface area contributed by atoms with Gasteiger partial charge in [-0.05, 0) is 23.3 Å². The lowest BCUT2D eigenvalue weighted by atomic mass is 9.94. The molecule has 0 bridgehead atoms. The van der Waals surface area contributed by atoms with E-state index in [1.807, 2.05) is 24.4 Å². The van der Waals surface area contributed by atoms with E-state index in [0.717, 1.165) is 12.1 Å². The summed E-state index contributed by atoms with van der Waals surface area (Å²) in [6.07, 6.45) is 4.55.